The minimum absolute atomic E-state index is 0.00454. The third kappa shape index (κ3) is 2.46. The molecule has 0 unspecified atom stereocenters. The average Bonchev–Trinajstić information content (AvgIpc) is 2.71. The Morgan fingerprint density at radius 1 is 1.29 bits per heavy atom. The van der Waals surface area contributed by atoms with E-state index in [2.05, 4.69) is 27.7 Å². The molecule has 2 bridgehead atoms. The monoisotopic (exact) mass is 296 g/mol. The van der Waals surface area contributed by atoms with Crippen molar-refractivity contribution in [1.29, 1.82) is 0 Å². The molecule has 21 heavy (non-hydrogen) atoms. The predicted octanol–water partition coefficient (Wildman–Crippen LogP) is 3.46. The molecule has 0 spiro atoms. The van der Waals surface area contributed by atoms with Gasteiger partial charge >= 0.3 is 0 Å². The van der Waals surface area contributed by atoms with Crippen molar-refractivity contribution in [3.05, 3.63) is 0 Å². The van der Waals surface area contributed by atoms with Crippen LogP contribution in [0.1, 0.15) is 79.1 Å². The summed E-state index contributed by atoms with van der Waals surface area (Å²) in [6.45, 7) is 8.57. The van der Waals surface area contributed by atoms with Crippen molar-refractivity contribution in [3.8, 4) is 0 Å². The van der Waals surface area contributed by atoms with E-state index >= 15 is 0 Å². The molecule has 4 atom stereocenters. The first-order valence-corrected chi connectivity index (χ1v) is 8.63. The van der Waals surface area contributed by atoms with Gasteiger partial charge in [-0.1, -0.05) is 47.0 Å². The molecule has 0 aromatic carbocycles. The summed E-state index contributed by atoms with van der Waals surface area (Å²) in [7, 11) is 0. The first-order chi connectivity index (χ1) is 9.69. The van der Waals surface area contributed by atoms with Crippen LogP contribution in [-0.4, -0.2) is 27.7 Å². The van der Waals surface area contributed by atoms with Gasteiger partial charge in [-0.15, -0.1) is 0 Å². The van der Waals surface area contributed by atoms with E-state index in [-0.39, 0.29) is 23.0 Å². The molecule has 0 aromatic rings. The van der Waals surface area contributed by atoms with E-state index < -0.39 is 11.7 Å². The summed E-state index contributed by atoms with van der Waals surface area (Å²) in [6.07, 6.45) is 5.93. The maximum atomic E-state index is 12.7. The second-order valence-electron chi connectivity index (χ2n) is 8.13. The summed E-state index contributed by atoms with van der Waals surface area (Å²) in [5.41, 5.74) is -1.57. The Morgan fingerprint density at radius 3 is 2.43 bits per heavy atom. The highest BCUT2D eigenvalue weighted by molar-refractivity contribution is 5.89. The van der Waals surface area contributed by atoms with Crippen molar-refractivity contribution in [2.75, 3.05) is 0 Å². The Bertz CT molecular complexity index is 403. The summed E-state index contributed by atoms with van der Waals surface area (Å²) in [5.74, 6) is 0.290. The Morgan fingerprint density at radius 2 is 1.95 bits per heavy atom. The molecule has 122 valence electrons. The van der Waals surface area contributed by atoms with E-state index in [9.17, 15) is 15.0 Å². The normalized spacial score (nSPS) is 38.7. The number of carbonyl (C=O) groups excluding carboxylic acids is 1. The lowest BCUT2D eigenvalue weighted by Gasteiger charge is -2.44. The van der Waals surface area contributed by atoms with Crippen LogP contribution in [0.3, 0.4) is 0 Å². The highest BCUT2D eigenvalue weighted by Crippen LogP contribution is 2.69. The van der Waals surface area contributed by atoms with Crippen LogP contribution in [-0.2, 0) is 4.79 Å². The maximum Gasteiger partial charge on any atom is 0.167 e. The molecule has 2 rings (SSSR count). The summed E-state index contributed by atoms with van der Waals surface area (Å²) in [5, 5.41) is 21.2. The lowest BCUT2D eigenvalue weighted by atomic mass is 9.62. The summed E-state index contributed by atoms with van der Waals surface area (Å²) >= 11 is 0. The molecule has 2 aliphatic carbocycles. The Labute approximate surface area is 129 Å². The zero-order valence-corrected chi connectivity index (χ0v) is 14.1. The minimum Gasteiger partial charge on any atom is -0.393 e. The van der Waals surface area contributed by atoms with Crippen LogP contribution < -0.4 is 0 Å². The number of aliphatic hydroxyl groups excluding tert-OH is 1. The fraction of sp³-hybridized carbons (Fsp3) is 0.944. The van der Waals surface area contributed by atoms with Gasteiger partial charge in [-0.2, -0.15) is 0 Å². The van der Waals surface area contributed by atoms with Gasteiger partial charge in [0, 0.05) is 11.8 Å². The van der Waals surface area contributed by atoms with Gasteiger partial charge in [0.2, 0.25) is 0 Å². The van der Waals surface area contributed by atoms with E-state index in [4.69, 9.17) is 0 Å². The number of hydrogen-bond acceptors (Lipinski definition) is 3. The van der Waals surface area contributed by atoms with E-state index in [1.54, 1.807) is 0 Å². The van der Waals surface area contributed by atoms with Gasteiger partial charge < -0.3 is 10.2 Å². The number of fused-ring (bicyclic) bond motifs is 2. The third-order valence-corrected chi connectivity index (χ3v) is 6.91. The number of unbranched alkanes of at least 4 members (excludes halogenated alkanes) is 2. The Hall–Kier alpha value is -0.410. The van der Waals surface area contributed by atoms with Gasteiger partial charge in [0.05, 0.1) is 6.10 Å². The van der Waals surface area contributed by atoms with Gasteiger partial charge in [-0.3, -0.25) is 4.79 Å². The quantitative estimate of drug-likeness (QED) is 0.707. The topological polar surface area (TPSA) is 57.5 Å². The predicted molar refractivity (Wildman–Crippen MR) is 84.0 cm³/mol. The molecule has 2 aliphatic rings. The van der Waals surface area contributed by atoms with Crippen LogP contribution in [0.25, 0.3) is 0 Å². The number of carbonyl (C=O) groups is 1. The summed E-state index contributed by atoms with van der Waals surface area (Å²) in [6, 6.07) is 0. The molecule has 0 aliphatic heterocycles. The van der Waals surface area contributed by atoms with E-state index in [1.165, 1.54) is 0 Å². The molecule has 0 heterocycles. The lowest BCUT2D eigenvalue weighted by Crippen LogP contribution is -2.53. The first kappa shape index (κ1) is 17.0. The molecule has 2 saturated carbocycles. The maximum absolute atomic E-state index is 12.7. The third-order valence-electron chi connectivity index (χ3n) is 6.91. The highest BCUT2D eigenvalue weighted by atomic mass is 16.3. The molecular weight excluding hydrogens is 264 g/mol. The second-order valence-corrected chi connectivity index (χ2v) is 8.13. The fourth-order valence-corrected chi connectivity index (χ4v) is 4.81. The van der Waals surface area contributed by atoms with Crippen LogP contribution in [0, 0.1) is 16.7 Å². The standard InChI is InChI=1S/C18H32O3/c1-5-6-7-8-14(19)11-15(20)18(21)12-13-9-10-17(18,4)16(13,2)3/h13-14,19,21H,5-12H2,1-4H3/t13-,14-,17-,18+/m1/s1. The van der Waals surface area contributed by atoms with Crippen LogP contribution in [0.4, 0.5) is 0 Å². The van der Waals surface area contributed by atoms with E-state index in [1.807, 2.05) is 0 Å². The molecule has 0 aromatic heterocycles. The Kier molecular flexibility index (Phi) is 4.57. The SMILES string of the molecule is CCCCC[C@@H](O)CC(=O)[C@@]1(O)C[C@H]2CC[C@]1(C)C2(C)C. The van der Waals surface area contributed by atoms with Crippen molar-refractivity contribution < 1.29 is 15.0 Å². The summed E-state index contributed by atoms with van der Waals surface area (Å²) in [4.78, 5) is 12.7. The highest BCUT2D eigenvalue weighted by Gasteiger charge is 2.70. The second kappa shape index (κ2) is 5.66. The molecular formula is C18H32O3. The molecule has 0 amide bonds. The number of hydrogen-bond donors (Lipinski definition) is 2. The number of aliphatic hydroxyl groups is 2. The number of ketones is 1. The van der Waals surface area contributed by atoms with Gasteiger partial charge in [-0.05, 0) is 37.0 Å². The number of rotatable bonds is 7. The molecule has 3 heteroatoms. The van der Waals surface area contributed by atoms with Crippen LogP contribution in [0.5, 0.6) is 0 Å². The van der Waals surface area contributed by atoms with Gasteiger partial charge in [0.15, 0.2) is 5.78 Å². The lowest BCUT2D eigenvalue weighted by molar-refractivity contribution is -0.157. The van der Waals surface area contributed by atoms with Crippen molar-refractivity contribution in [2.24, 2.45) is 16.7 Å². The first-order valence-electron chi connectivity index (χ1n) is 8.63. The van der Waals surface area contributed by atoms with Crippen molar-refractivity contribution in [2.45, 2.75) is 90.8 Å². The average molecular weight is 296 g/mol. The summed E-state index contributed by atoms with van der Waals surface area (Å²) < 4.78 is 0. The van der Waals surface area contributed by atoms with Crippen molar-refractivity contribution >= 4 is 5.78 Å². The molecule has 0 saturated heterocycles. The van der Waals surface area contributed by atoms with Crippen molar-refractivity contribution in [3.63, 3.8) is 0 Å². The van der Waals surface area contributed by atoms with Gasteiger partial charge in [0.1, 0.15) is 5.60 Å². The molecule has 3 nitrogen and oxygen atoms in total. The Balaban J connectivity index is 2.03. The molecule has 2 fully saturated rings. The van der Waals surface area contributed by atoms with E-state index in [0.717, 1.165) is 32.1 Å². The smallest absolute Gasteiger partial charge is 0.167 e. The zero-order valence-electron chi connectivity index (χ0n) is 14.1. The van der Waals surface area contributed by atoms with Gasteiger partial charge in [0.25, 0.3) is 0 Å². The van der Waals surface area contributed by atoms with Crippen LogP contribution in [0.2, 0.25) is 0 Å². The molecule has 2 N–H and O–H groups in total. The molecule has 0 radical (unpaired) electrons. The zero-order chi connectivity index (χ0) is 15.9. The fourth-order valence-electron chi connectivity index (χ4n) is 4.81. The minimum atomic E-state index is -1.23. The largest absolute Gasteiger partial charge is 0.393 e. The van der Waals surface area contributed by atoms with Crippen LogP contribution >= 0.6 is 0 Å². The van der Waals surface area contributed by atoms with Crippen LogP contribution in [0.15, 0.2) is 0 Å². The van der Waals surface area contributed by atoms with Crippen molar-refractivity contribution in [1.82, 2.24) is 0 Å². The van der Waals surface area contributed by atoms with E-state index in [0.29, 0.717) is 18.8 Å². The van der Waals surface area contributed by atoms with Gasteiger partial charge in [-0.25, -0.2) is 0 Å². The number of Topliss-reactive ketones (excluding diaryl/α,β-unsaturated/α-hetero) is 1.